The molecule has 0 saturated heterocycles. The topological polar surface area (TPSA) is 90.0 Å². The zero-order chi connectivity index (χ0) is 14.8. The molecule has 1 aliphatic rings. The summed E-state index contributed by atoms with van der Waals surface area (Å²) in [5.74, 6) is 0. The van der Waals surface area contributed by atoms with Gasteiger partial charge < -0.3 is 10.3 Å². The van der Waals surface area contributed by atoms with Gasteiger partial charge in [-0.15, -0.1) is 0 Å². The Labute approximate surface area is 124 Å². The molecule has 0 aliphatic heterocycles. The fourth-order valence-electron chi connectivity index (χ4n) is 2.57. The highest BCUT2D eigenvalue weighted by molar-refractivity contribution is 7.89. The first-order valence-electron chi connectivity index (χ1n) is 6.68. The Morgan fingerprint density at radius 3 is 2.45 bits per heavy atom. The van der Waals surface area contributed by atoms with Gasteiger partial charge in [-0.3, -0.25) is 0 Å². The lowest BCUT2D eigenvalue weighted by Crippen LogP contribution is -2.56. The third-order valence-corrected chi connectivity index (χ3v) is 5.53. The van der Waals surface area contributed by atoms with E-state index < -0.39 is 15.6 Å². The van der Waals surface area contributed by atoms with Crippen LogP contribution in [0.2, 0.25) is 0 Å². The van der Waals surface area contributed by atoms with Gasteiger partial charge in [-0.2, -0.15) is 4.72 Å². The fraction of sp³-hybridized carbons (Fsp3) is 0.667. The number of sulfonamides is 1. The Balaban J connectivity index is 2.30. The van der Waals surface area contributed by atoms with Gasteiger partial charge in [0.05, 0.1) is 16.9 Å². The van der Waals surface area contributed by atoms with Crippen LogP contribution in [0.4, 0.5) is 0 Å². The number of nitrogens with two attached hydrogens (primary N) is 1. The molecule has 112 valence electrons. The quantitative estimate of drug-likeness (QED) is 0.641. The third kappa shape index (κ3) is 3.18. The van der Waals surface area contributed by atoms with E-state index in [2.05, 4.69) is 9.71 Å². The molecule has 0 atom stereocenters. The second-order valence-electron chi connectivity index (χ2n) is 5.34. The van der Waals surface area contributed by atoms with Gasteiger partial charge in [0.1, 0.15) is 0 Å². The van der Waals surface area contributed by atoms with E-state index in [0.717, 1.165) is 25.7 Å². The molecule has 0 radical (unpaired) electrons. The molecule has 1 heterocycles. The number of thiocarbonyl (C=S) groups is 1. The largest absolute Gasteiger partial charge is 0.392 e. The van der Waals surface area contributed by atoms with Crippen LogP contribution in [0, 0.1) is 0 Å². The Bertz CT molecular complexity index is 586. The molecule has 0 aromatic carbocycles. The van der Waals surface area contributed by atoms with Crippen LogP contribution >= 0.6 is 12.2 Å². The number of aromatic nitrogens is 2. The lowest BCUT2D eigenvalue weighted by Gasteiger charge is -2.32. The summed E-state index contributed by atoms with van der Waals surface area (Å²) in [6.45, 7) is 0. The van der Waals surface area contributed by atoms with Gasteiger partial charge in [0.15, 0.2) is 5.03 Å². The molecule has 0 amide bonds. The second-order valence-corrected chi connectivity index (χ2v) is 7.41. The Hall–Kier alpha value is -0.990. The van der Waals surface area contributed by atoms with Crippen molar-refractivity contribution in [2.24, 2.45) is 12.8 Å². The van der Waals surface area contributed by atoms with Gasteiger partial charge in [-0.05, 0) is 12.8 Å². The zero-order valence-electron chi connectivity index (χ0n) is 11.5. The molecule has 1 aromatic heterocycles. The normalized spacial score (nSPS) is 19.4. The first-order valence-corrected chi connectivity index (χ1v) is 8.57. The van der Waals surface area contributed by atoms with Crippen molar-refractivity contribution in [3.63, 3.8) is 0 Å². The van der Waals surface area contributed by atoms with Gasteiger partial charge in [-0.1, -0.05) is 37.9 Å². The summed E-state index contributed by atoms with van der Waals surface area (Å²) in [5, 5.41) is -0.000119. The molecule has 1 aromatic rings. The molecule has 0 spiro atoms. The van der Waals surface area contributed by atoms with Crippen LogP contribution in [-0.2, 0) is 17.1 Å². The minimum absolute atomic E-state index is 0.000119. The lowest BCUT2D eigenvalue weighted by atomic mass is 9.91. The van der Waals surface area contributed by atoms with Crippen molar-refractivity contribution in [2.75, 3.05) is 0 Å². The van der Waals surface area contributed by atoms with Crippen molar-refractivity contribution in [3.8, 4) is 0 Å². The molecule has 8 heteroatoms. The summed E-state index contributed by atoms with van der Waals surface area (Å²) in [7, 11) is -1.98. The highest BCUT2D eigenvalue weighted by Crippen LogP contribution is 2.29. The number of hydrogen-bond acceptors (Lipinski definition) is 4. The number of hydrogen-bond donors (Lipinski definition) is 2. The third-order valence-electron chi connectivity index (χ3n) is 3.72. The van der Waals surface area contributed by atoms with Crippen LogP contribution < -0.4 is 10.5 Å². The summed E-state index contributed by atoms with van der Waals surface area (Å²) >= 11 is 5.14. The maximum atomic E-state index is 12.4. The molecule has 20 heavy (non-hydrogen) atoms. The number of nitrogens with one attached hydrogen (secondary N) is 1. The van der Waals surface area contributed by atoms with Crippen LogP contribution in [0.1, 0.15) is 38.5 Å². The second kappa shape index (κ2) is 5.79. The predicted molar refractivity (Wildman–Crippen MR) is 80.7 cm³/mol. The van der Waals surface area contributed by atoms with E-state index in [9.17, 15) is 8.42 Å². The Morgan fingerprint density at radius 1 is 1.40 bits per heavy atom. The number of rotatable bonds is 4. The molecule has 6 nitrogen and oxygen atoms in total. The van der Waals surface area contributed by atoms with Crippen LogP contribution in [0.5, 0.6) is 0 Å². The highest BCUT2D eigenvalue weighted by atomic mass is 32.2. The van der Waals surface area contributed by atoms with E-state index in [4.69, 9.17) is 18.0 Å². The molecule has 3 N–H and O–H groups in total. The van der Waals surface area contributed by atoms with Crippen LogP contribution in [0.25, 0.3) is 0 Å². The summed E-state index contributed by atoms with van der Waals surface area (Å²) in [4.78, 5) is 4.12. The van der Waals surface area contributed by atoms with Gasteiger partial charge in [0, 0.05) is 13.2 Å². The number of nitrogens with zero attached hydrogens (tertiary/aromatic N) is 2. The summed E-state index contributed by atoms with van der Waals surface area (Å²) in [6.07, 6.45) is 8.21. The standard InChI is InChI=1S/C12H20N4O2S2/c1-16-8-10(14-9-16)20(17,18)15-12(11(13)19)6-4-2-3-5-7-12/h8-9,15H,2-7H2,1H3,(H2,13,19). The number of imidazole rings is 1. The van der Waals surface area contributed by atoms with E-state index in [-0.39, 0.29) is 10.0 Å². The van der Waals surface area contributed by atoms with Crippen molar-refractivity contribution in [1.29, 1.82) is 0 Å². The van der Waals surface area contributed by atoms with Gasteiger partial charge in [0.2, 0.25) is 0 Å². The van der Waals surface area contributed by atoms with Crippen LogP contribution in [0.15, 0.2) is 17.6 Å². The summed E-state index contributed by atoms with van der Waals surface area (Å²) < 4.78 is 29.2. The zero-order valence-corrected chi connectivity index (χ0v) is 13.1. The van der Waals surface area contributed by atoms with Crippen LogP contribution in [0.3, 0.4) is 0 Å². The van der Waals surface area contributed by atoms with E-state index in [1.54, 1.807) is 11.6 Å². The van der Waals surface area contributed by atoms with Gasteiger partial charge in [0.25, 0.3) is 10.0 Å². The van der Waals surface area contributed by atoms with E-state index >= 15 is 0 Å². The molecule has 0 unspecified atom stereocenters. The minimum Gasteiger partial charge on any atom is -0.392 e. The minimum atomic E-state index is -3.71. The molecule has 1 fully saturated rings. The molecule has 0 bridgehead atoms. The maximum Gasteiger partial charge on any atom is 0.260 e. The molecule has 1 saturated carbocycles. The Morgan fingerprint density at radius 2 is 2.00 bits per heavy atom. The van der Waals surface area contributed by atoms with Crippen molar-refractivity contribution < 1.29 is 8.42 Å². The maximum absolute atomic E-state index is 12.4. The van der Waals surface area contributed by atoms with Crippen molar-refractivity contribution in [3.05, 3.63) is 12.5 Å². The van der Waals surface area contributed by atoms with E-state index in [1.807, 2.05) is 0 Å². The van der Waals surface area contributed by atoms with E-state index in [1.165, 1.54) is 12.5 Å². The number of aryl methyl sites for hydroxylation is 1. The monoisotopic (exact) mass is 316 g/mol. The average Bonchev–Trinajstić information content (AvgIpc) is 2.67. The van der Waals surface area contributed by atoms with Crippen LogP contribution in [-0.4, -0.2) is 28.5 Å². The van der Waals surface area contributed by atoms with E-state index in [0.29, 0.717) is 12.8 Å². The highest BCUT2D eigenvalue weighted by Gasteiger charge is 2.38. The molecule has 2 rings (SSSR count). The van der Waals surface area contributed by atoms with Gasteiger partial charge >= 0.3 is 0 Å². The summed E-state index contributed by atoms with van der Waals surface area (Å²) in [5.41, 5.74) is 5.02. The van der Waals surface area contributed by atoms with Crippen molar-refractivity contribution in [2.45, 2.75) is 49.1 Å². The van der Waals surface area contributed by atoms with Crippen molar-refractivity contribution >= 4 is 27.2 Å². The average molecular weight is 316 g/mol. The van der Waals surface area contributed by atoms with Gasteiger partial charge in [-0.25, -0.2) is 13.4 Å². The smallest absolute Gasteiger partial charge is 0.260 e. The molecule has 1 aliphatic carbocycles. The Kier molecular flexibility index (Phi) is 4.46. The predicted octanol–water partition coefficient (Wildman–Crippen LogP) is 1.08. The fourth-order valence-corrected chi connectivity index (χ4v) is 4.31. The molecular weight excluding hydrogens is 296 g/mol. The first-order chi connectivity index (χ1) is 9.36. The van der Waals surface area contributed by atoms with Crippen molar-refractivity contribution in [1.82, 2.24) is 14.3 Å². The lowest BCUT2D eigenvalue weighted by molar-refractivity contribution is 0.440. The first kappa shape index (κ1) is 15.4. The SMILES string of the molecule is Cn1cnc(S(=O)(=O)NC2(C(N)=S)CCCCCC2)c1. The summed E-state index contributed by atoms with van der Waals surface area (Å²) in [6, 6.07) is 0. The molecular formula is C12H20N4O2S2.